The standard InChI is InChI=1S/C23H21BrN2O4S/c1-4-11-30-20-15-18(24)16(13-19(20)29-3)14-21-22(27)26(10-12-28-2)23(31-21)25-17-8-6-5-7-9-17/h1,5-9,13-15H,10-12H2,2-3H3/b21-14-,25-23?. The van der Waals surface area contributed by atoms with Crippen LogP contribution in [-0.4, -0.2) is 50.0 Å². The zero-order valence-corrected chi connectivity index (χ0v) is 19.5. The molecule has 0 bridgehead atoms. The Kier molecular flexibility index (Phi) is 8.18. The Labute approximate surface area is 194 Å². The molecule has 31 heavy (non-hydrogen) atoms. The molecule has 8 heteroatoms. The number of benzene rings is 2. The predicted molar refractivity (Wildman–Crippen MR) is 128 cm³/mol. The maximum Gasteiger partial charge on any atom is 0.266 e. The summed E-state index contributed by atoms with van der Waals surface area (Å²) in [6, 6.07) is 13.1. The number of terminal acetylenes is 1. The van der Waals surface area contributed by atoms with Crippen molar-refractivity contribution in [3.63, 3.8) is 0 Å². The molecule has 1 aliphatic heterocycles. The van der Waals surface area contributed by atoms with Crippen LogP contribution >= 0.6 is 27.7 Å². The molecule has 0 spiro atoms. The van der Waals surface area contributed by atoms with E-state index in [4.69, 9.17) is 20.6 Å². The number of hydrogen-bond acceptors (Lipinski definition) is 6. The Morgan fingerprint density at radius 2 is 2.00 bits per heavy atom. The molecule has 160 valence electrons. The number of carbonyl (C=O) groups is 1. The van der Waals surface area contributed by atoms with E-state index < -0.39 is 0 Å². The molecular formula is C23H21BrN2O4S. The third kappa shape index (κ3) is 5.70. The fraction of sp³-hybridized carbons (Fsp3) is 0.217. The number of para-hydroxylation sites is 1. The highest BCUT2D eigenvalue weighted by Gasteiger charge is 2.33. The molecule has 0 radical (unpaired) electrons. The Morgan fingerprint density at radius 1 is 1.23 bits per heavy atom. The van der Waals surface area contributed by atoms with Gasteiger partial charge in [0.2, 0.25) is 0 Å². The van der Waals surface area contributed by atoms with E-state index in [1.807, 2.05) is 30.3 Å². The van der Waals surface area contributed by atoms with Crippen LogP contribution in [0, 0.1) is 12.3 Å². The average Bonchev–Trinajstić information content (AvgIpc) is 3.06. The molecule has 0 aliphatic carbocycles. The quantitative estimate of drug-likeness (QED) is 0.387. The monoisotopic (exact) mass is 500 g/mol. The van der Waals surface area contributed by atoms with Gasteiger partial charge in [0.25, 0.3) is 5.91 Å². The van der Waals surface area contributed by atoms with Gasteiger partial charge >= 0.3 is 0 Å². The summed E-state index contributed by atoms with van der Waals surface area (Å²) in [6.07, 6.45) is 7.08. The lowest BCUT2D eigenvalue weighted by Crippen LogP contribution is -2.32. The SMILES string of the molecule is C#CCOc1cc(Br)c(/C=C2\SC(=Nc3ccccc3)N(CCOC)C2=O)cc1OC. The molecule has 0 saturated carbocycles. The smallest absolute Gasteiger partial charge is 0.266 e. The summed E-state index contributed by atoms with van der Waals surface area (Å²) in [7, 11) is 3.15. The average molecular weight is 501 g/mol. The van der Waals surface area contributed by atoms with E-state index in [1.165, 1.54) is 11.8 Å². The third-order valence-corrected chi connectivity index (χ3v) is 5.96. The van der Waals surface area contributed by atoms with Crippen molar-refractivity contribution in [2.75, 3.05) is 34.0 Å². The highest BCUT2D eigenvalue weighted by molar-refractivity contribution is 9.10. The van der Waals surface area contributed by atoms with Gasteiger partial charge in [0, 0.05) is 11.6 Å². The molecular weight excluding hydrogens is 480 g/mol. The lowest BCUT2D eigenvalue weighted by Gasteiger charge is -2.14. The highest BCUT2D eigenvalue weighted by Crippen LogP contribution is 2.38. The van der Waals surface area contributed by atoms with Crippen LogP contribution in [0.5, 0.6) is 11.5 Å². The van der Waals surface area contributed by atoms with Gasteiger partial charge in [-0.3, -0.25) is 9.69 Å². The van der Waals surface area contributed by atoms with Crippen LogP contribution in [-0.2, 0) is 9.53 Å². The molecule has 0 aromatic heterocycles. The van der Waals surface area contributed by atoms with Gasteiger partial charge in [-0.2, -0.15) is 0 Å². The van der Waals surface area contributed by atoms with Gasteiger partial charge in [-0.1, -0.05) is 40.0 Å². The van der Waals surface area contributed by atoms with Gasteiger partial charge in [0.05, 0.1) is 30.9 Å². The summed E-state index contributed by atoms with van der Waals surface area (Å²) in [5.41, 5.74) is 1.55. The summed E-state index contributed by atoms with van der Waals surface area (Å²) >= 11 is 4.86. The molecule has 1 fully saturated rings. The van der Waals surface area contributed by atoms with Gasteiger partial charge in [-0.05, 0) is 47.7 Å². The first-order valence-electron chi connectivity index (χ1n) is 9.35. The summed E-state index contributed by atoms with van der Waals surface area (Å²) in [6.45, 7) is 0.951. The number of halogens is 1. The van der Waals surface area contributed by atoms with E-state index in [1.54, 1.807) is 37.3 Å². The van der Waals surface area contributed by atoms with Crippen molar-refractivity contribution in [1.29, 1.82) is 0 Å². The minimum Gasteiger partial charge on any atom is -0.493 e. The number of amidine groups is 1. The van der Waals surface area contributed by atoms with E-state index >= 15 is 0 Å². The zero-order valence-electron chi connectivity index (χ0n) is 17.1. The number of methoxy groups -OCH3 is 2. The van der Waals surface area contributed by atoms with Crippen molar-refractivity contribution in [2.24, 2.45) is 4.99 Å². The summed E-state index contributed by atoms with van der Waals surface area (Å²) < 4.78 is 16.9. The second-order valence-electron chi connectivity index (χ2n) is 6.31. The zero-order chi connectivity index (χ0) is 22.2. The van der Waals surface area contributed by atoms with Crippen molar-refractivity contribution in [2.45, 2.75) is 0 Å². The second kappa shape index (κ2) is 11.0. The van der Waals surface area contributed by atoms with Crippen LogP contribution in [0.25, 0.3) is 6.08 Å². The molecule has 1 saturated heterocycles. The molecule has 0 N–H and O–H groups in total. The lowest BCUT2D eigenvalue weighted by atomic mass is 10.2. The molecule has 2 aromatic rings. The van der Waals surface area contributed by atoms with Crippen molar-refractivity contribution < 1.29 is 19.0 Å². The van der Waals surface area contributed by atoms with Gasteiger partial charge in [0.1, 0.15) is 6.61 Å². The fourth-order valence-corrected chi connectivity index (χ4v) is 4.23. The Hall–Kier alpha value is -2.73. The number of aliphatic imine (C=N–C) groups is 1. The third-order valence-electron chi connectivity index (χ3n) is 4.27. The second-order valence-corrected chi connectivity index (χ2v) is 8.17. The van der Waals surface area contributed by atoms with Crippen molar-refractivity contribution in [3.05, 3.63) is 57.4 Å². The minimum atomic E-state index is -0.129. The van der Waals surface area contributed by atoms with Crippen LogP contribution in [0.4, 0.5) is 5.69 Å². The van der Waals surface area contributed by atoms with Crippen molar-refractivity contribution in [1.82, 2.24) is 4.90 Å². The van der Waals surface area contributed by atoms with E-state index in [0.717, 1.165) is 15.7 Å². The molecule has 2 aromatic carbocycles. The predicted octanol–water partition coefficient (Wildman–Crippen LogP) is 4.72. The molecule has 1 amide bonds. The first-order chi connectivity index (χ1) is 15.1. The first kappa shape index (κ1) is 22.9. The number of hydrogen-bond donors (Lipinski definition) is 0. The molecule has 3 rings (SSSR count). The number of amides is 1. The van der Waals surface area contributed by atoms with Crippen LogP contribution in [0.2, 0.25) is 0 Å². The van der Waals surface area contributed by atoms with E-state index in [2.05, 4.69) is 26.8 Å². The normalized spacial score (nSPS) is 16.1. The fourth-order valence-electron chi connectivity index (χ4n) is 2.78. The lowest BCUT2D eigenvalue weighted by molar-refractivity contribution is -0.122. The Morgan fingerprint density at radius 3 is 2.68 bits per heavy atom. The highest BCUT2D eigenvalue weighted by atomic mass is 79.9. The molecule has 0 unspecified atom stereocenters. The Bertz CT molecular complexity index is 1050. The summed E-state index contributed by atoms with van der Waals surface area (Å²) in [5.74, 6) is 3.35. The molecule has 0 atom stereocenters. The van der Waals surface area contributed by atoms with E-state index in [9.17, 15) is 4.79 Å². The van der Waals surface area contributed by atoms with E-state index in [-0.39, 0.29) is 12.5 Å². The number of carbonyl (C=O) groups excluding carboxylic acids is 1. The molecule has 1 heterocycles. The van der Waals surface area contributed by atoms with Crippen molar-refractivity contribution >= 4 is 50.5 Å². The number of ether oxygens (including phenoxy) is 3. The maximum atomic E-state index is 13.1. The maximum absolute atomic E-state index is 13.1. The van der Waals surface area contributed by atoms with Crippen LogP contribution in [0.3, 0.4) is 0 Å². The summed E-state index contributed by atoms with van der Waals surface area (Å²) in [4.78, 5) is 19.9. The van der Waals surface area contributed by atoms with Crippen LogP contribution < -0.4 is 9.47 Å². The van der Waals surface area contributed by atoms with E-state index in [0.29, 0.717) is 34.7 Å². The first-order valence-corrected chi connectivity index (χ1v) is 11.0. The minimum absolute atomic E-state index is 0.129. The van der Waals surface area contributed by atoms with Crippen molar-refractivity contribution in [3.8, 4) is 23.8 Å². The summed E-state index contributed by atoms with van der Waals surface area (Å²) in [5, 5.41) is 0.608. The topological polar surface area (TPSA) is 60.4 Å². The van der Waals surface area contributed by atoms with Gasteiger partial charge in [-0.15, -0.1) is 6.42 Å². The number of thioether (sulfide) groups is 1. The van der Waals surface area contributed by atoms with Gasteiger partial charge < -0.3 is 14.2 Å². The van der Waals surface area contributed by atoms with Crippen LogP contribution in [0.15, 0.2) is 56.8 Å². The number of rotatable bonds is 8. The van der Waals surface area contributed by atoms with Gasteiger partial charge in [-0.25, -0.2) is 4.99 Å². The largest absolute Gasteiger partial charge is 0.493 e. The number of nitrogens with zero attached hydrogens (tertiary/aromatic N) is 2. The molecule has 1 aliphatic rings. The van der Waals surface area contributed by atoms with Crippen LogP contribution in [0.1, 0.15) is 5.56 Å². The van der Waals surface area contributed by atoms with Gasteiger partial charge in [0.15, 0.2) is 16.7 Å². The molecule has 6 nitrogen and oxygen atoms in total. The Balaban J connectivity index is 1.95.